The number of benzene rings is 1. The van der Waals surface area contributed by atoms with Crippen LogP contribution in [0.5, 0.6) is 5.75 Å². The molecule has 7 heteroatoms. The van der Waals surface area contributed by atoms with Crippen molar-refractivity contribution in [1.29, 1.82) is 0 Å². The summed E-state index contributed by atoms with van der Waals surface area (Å²) in [4.78, 5) is 21.0. The number of hydrogen-bond acceptors (Lipinski definition) is 4. The molecule has 0 fully saturated rings. The fourth-order valence-electron chi connectivity index (χ4n) is 2.86. The Balaban J connectivity index is 1.49. The molecule has 0 aliphatic rings. The Bertz CT molecular complexity index is 1110. The molecule has 0 bridgehead atoms. The van der Waals surface area contributed by atoms with Crippen molar-refractivity contribution in [2.75, 3.05) is 18.6 Å². The summed E-state index contributed by atoms with van der Waals surface area (Å²) in [5.41, 5.74) is 1.94. The van der Waals surface area contributed by atoms with Gasteiger partial charge >= 0.3 is 0 Å². The van der Waals surface area contributed by atoms with Crippen LogP contribution in [-0.2, 0) is 0 Å². The molecule has 0 aliphatic carbocycles. The van der Waals surface area contributed by atoms with E-state index in [4.69, 9.17) is 4.74 Å². The van der Waals surface area contributed by atoms with Crippen LogP contribution in [0, 0.1) is 0 Å². The first kappa shape index (κ1) is 17.7. The molecule has 3 aromatic heterocycles. The number of alkyl halides is 1. The molecule has 0 radical (unpaired) electrons. The van der Waals surface area contributed by atoms with Crippen LogP contribution in [0.1, 0.15) is 10.4 Å². The van der Waals surface area contributed by atoms with E-state index in [1.165, 1.54) is 0 Å². The molecule has 0 atom stereocenters. The first-order valence-electron chi connectivity index (χ1n) is 8.72. The standard InChI is InChI=1S/C21H17FN4O2/c22-8-11-28-18-3-1-2-16(12-18)21(27)25-17-4-5-20(24-13-17)26-10-7-15-6-9-23-14-19(15)26/h1-7,9-10,12-14H,8,11H2,(H,25,27). The summed E-state index contributed by atoms with van der Waals surface area (Å²) in [6.45, 7) is -0.624. The lowest BCUT2D eigenvalue weighted by Gasteiger charge is -2.09. The highest BCUT2D eigenvalue weighted by Crippen LogP contribution is 2.20. The highest BCUT2D eigenvalue weighted by molar-refractivity contribution is 6.04. The molecule has 140 valence electrons. The third-order valence-corrected chi connectivity index (χ3v) is 4.19. The Morgan fingerprint density at radius 1 is 1.14 bits per heavy atom. The number of carbonyl (C=O) groups is 1. The molecule has 0 unspecified atom stereocenters. The molecule has 1 N–H and O–H groups in total. The van der Waals surface area contributed by atoms with E-state index in [1.54, 1.807) is 48.9 Å². The van der Waals surface area contributed by atoms with Gasteiger partial charge in [-0.1, -0.05) is 6.07 Å². The number of fused-ring (bicyclic) bond motifs is 1. The lowest BCUT2D eigenvalue weighted by atomic mass is 10.2. The van der Waals surface area contributed by atoms with Crippen LogP contribution >= 0.6 is 0 Å². The Kier molecular flexibility index (Phi) is 4.97. The number of aromatic nitrogens is 3. The normalized spacial score (nSPS) is 10.8. The van der Waals surface area contributed by atoms with Crippen molar-refractivity contribution >= 4 is 22.5 Å². The van der Waals surface area contributed by atoms with E-state index in [0.29, 0.717) is 17.0 Å². The van der Waals surface area contributed by atoms with E-state index < -0.39 is 6.67 Å². The second-order valence-electron chi connectivity index (χ2n) is 6.04. The minimum absolute atomic E-state index is 0.0416. The predicted molar refractivity (Wildman–Crippen MR) is 105 cm³/mol. The van der Waals surface area contributed by atoms with Gasteiger partial charge in [-0.2, -0.15) is 0 Å². The van der Waals surface area contributed by atoms with Crippen LogP contribution in [-0.4, -0.2) is 33.7 Å². The first-order valence-corrected chi connectivity index (χ1v) is 8.72. The minimum atomic E-state index is -0.582. The fourth-order valence-corrected chi connectivity index (χ4v) is 2.86. The molecule has 6 nitrogen and oxygen atoms in total. The lowest BCUT2D eigenvalue weighted by Crippen LogP contribution is -2.12. The number of nitrogens with zero attached hydrogens (tertiary/aromatic N) is 3. The van der Waals surface area contributed by atoms with Gasteiger partial charge in [0.15, 0.2) is 0 Å². The zero-order chi connectivity index (χ0) is 19.3. The molecule has 1 amide bonds. The Hall–Kier alpha value is -3.74. The van der Waals surface area contributed by atoms with Crippen molar-refractivity contribution < 1.29 is 13.9 Å². The van der Waals surface area contributed by atoms with E-state index in [9.17, 15) is 9.18 Å². The third kappa shape index (κ3) is 3.68. The SMILES string of the molecule is O=C(Nc1ccc(-n2ccc3ccncc32)nc1)c1cccc(OCCF)c1. The van der Waals surface area contributed by atoms with Crippen molar-refractivity contribution in [3.63, 3.8) is 0 Å². The van der Waals surface area contributed by atoms with Gasteiger partial charge in [0.05, 0.1) is 23.6 Å². The molecule has 0 aliphatic heterocycles. The fraction of sp³-hybridized carbons (Fsp3) is 0.0952. The maximum atomic E-state index is 12.4. The molecule has 4 aromatic rings. The van der Waals surface area contributed by atoms with E-state index in [-0.39, 0.29) is 12.5 Å². The van der Waals surface area contributed by atoms with Gasteiger partial charge < -0.3 is 10.1 Å². The zero-order valence-corrected chi connectivity index (χ0v) is 14.9. The zero-order valence-electron chi connectivity index (χ0n) is 14.9. The highest BCUT2D eigenvalue weighted by Gasteiger charge is 2.09. The monoisotopic (exact) mass is 376 g/mol. The number of nitrogens with one attached hydrogen (secondary N) is 1. The van der Waals surface area contributed by atoms with Crippen LogP contribution in [0.2, 0.25) is 0 Å². The summed E-state index contributed by atoms with van der Waals surface area (Å²) < 4.78 is 19.4. The van der Waals surface area contributed by atoms with E-state index in [1.807, 2.05) is 29.0 Å². The molecule has 3 heterocycles. The number of ether oxygens (including phenoxy) is 1. The highest BCUT2D eigenvalue weighted by atomic mass is 19.1. The van der Waals surface area contributed by atoms with Crippen molar-refractivity contribution in [2.45, 2.75) is 0 Å². The molecule has 0 saturated heterocycles. The van der Waals surface area contributed by atoms with Gasteiger partial charge in [0.2, 0.25) is 0 Å². The van der Waals surface area contributed by atoms with E-state index in [2.05, 4.69) is 15.3 Å². The van der Waals surface area contributed by atoms with Gasteiger partial charge in [-0.15, -0.1) is 0 Å². The van der Waals surface area contributed by atoms with Crippen LogP contribution in [0.15, 0.2) is 73.3 Å². The summed E-state index contributed by atoms with van der Waals surface area (Å²) in [6, 6.07) is 14.1. The Labute approximate surface area is 160 Å². The number of amides is 1. The van der Waals surface area contributed by atoms with Gasteiger partial charge in [0, 0.05) is 23.3 Å². The Morgan fingerprint density at radius 3 is 2.89 bits per heavy atom. The van der Waals surface area contributed by atoms with Crippen LogP contribution in [0.3, 0.4) is 0 Å². The quantitative estimate of drug-likeness (QED) is 0.552. The first-order chi connectivity index (χ1) is 13.7. The number of carbonyl (C=O) groups excluding carboxylic acids is 1. The van der Waals surface area contributed by atoms with E-state index in [0.717, 1.165) is 16.7 Å². The van der Waals surface area contributed by atoms with Crippen LogP contribution < -0.4 is 10.1 Å². The summed E-state index contributed by atoms with van der Waals surface area (Å²) in [7, 11) is 0. The summed E-state index contributed by atoms with van der Waals surface area (Å²) in [5.74, 6) is 0.880. The van der Waals surface area contributed by atoms with Crippen molar-refractivity contribution in [3.8, 4) is 11.6 Å². The van der Waals surface area contributed by atoms with Crippen molar-refractivity contribution in [1.82, 2.24) is 14.5 Å². The van der Waals surface area contributed by atoms with Crippen LogP contribution in [0.25, 0.3) is 16.7 Å². The molecule has 0 spiro atoms. The molecule has 0 saturated carbocycles. The number of pyridine rings is 2. The van der Waals surface area contributed by atoms with Crippen molar-refractivity contribution in [2.24, 2.45) is 0 Å². The maximum Gasteiger partial charge on any atom is 0.255 e. The molecule has 28 heavy (non-hydrogen) atoms. The van der Waals surface area contributed by atoms with E-state index >= 15 is 0 Å². The average Bonchev–Trinajstić information content (AvgIpc) is 3.17. The van der Waals surface area contributed by atoms with Crippen molar-refractivity contribution in [3.05, 3.63) is 78.9 Å². The number of anilines is 1. The minimum Gasteiger partial charge on any atom is -0.491 e. The van der Waals surface area contributed by atoms with Gasteiger partial charge in [-0.3, -0.25) is 14.3 Å². The second kappa shape index (κ2) is 7.87. The third-order valence-electron chi connectivity index (χ3n) is 4.19. The van der Waals surface area contributed by atoms with Gasteiger partial charge in [-0.05, 0) is 42.5 Å². The molecular formula is C21H17FN4O2. The smallest absolute Gasteiger partial charge is 0.255 e. The van der Waals surface area contributed by atoms with Gasteiger partial charge in [-0.25, -0.2) is 9.37 Å². The van der Waals surface area contributed by atoms with Gasteiger partial charge in [0.1, 0.15) is 24.8 Å². The number of halogens is 1. The Morgan fingerprint density at radius 2 is 2.07 bits per heavy atom. The number of hydrogen-bond donors (Lipinski definition) is 1. The van der Waals surface area contributed by atoms with Crippen LogP contribution in [0.4, 0.5) is 10.1 Å². The largest absolute Gasteiger partial charge is 0.491 e. The maximum absolute atomic E-state index is 12.4. The summed E-state index contributed by atoms with van der Waals surface area (Å²) in [6.07, 6.45) is 7.05. The number of rotatable bonds is 6. The summed E-state index contributed by atoms with van der Waals surface area (Å²) >= 11 is 0. The molecule has 1 aromatic carbocycles. The van der Waals surface area contributed by atoms with Gasteiger partial charge in [0.25, 0.3) is 5.91 Å². The average molecular weight is 376 g/mol. The molecule has 4 rings (SSSR count). The summed E-state index contributed by atoms with van der Waals surface area (Å²) in [5, 5.41) is 3.87. The predicted octanol–water partition coefficient (Wildman–Crippen LogP) is 4.02. The topological polar surface area (TPSA) is 69.0 Å². The molecular weight excluding hydrogens is 359 g/mol. The second-order valence-corrected chi connectivity index (χ2v) is 6.04. The lowest BCUT2D eigenvalue weighted by molar-refractivity contribution is 0.102.